The molecular weight excluding hydrogens is 608 g/mol. The van der Waals surface area contributed by atoms with Gasteiger partial charge in [0.05, 0.1) is 6.20 Å². The van der Waals surface area contributed by atoms with Crippen LogP contribution in [-0.4, -0.2) is 14.5 Å². The number of hydrogen-bond acceptors (Lipinski definition) is 3. The smallest absolute Gasteiger partial charge is 0.460 e. The molecule has 0 aliphatic heterocycles. The van der Waals surface area contributed by atoms with Crippen molar-refractivity contribution < 1.29 is 30.2 Å². The van der Waals surface area contributed by atoms with Gasteiger partial charge in [0.15, 0.2) is 0 Å². The molecule has 0 radical (unpaired) electrons. The molecule has 0 fully saturated rings. The van der Waals surface area contributed by atoms with E-state index in [9.17, 15) is 4.39 Å². The van der Waals surface area contributed by atoms with Crippen LogP contribution in [0.5, 0.6) is 11.6 Å². The Morgan fingerprint density at radius 2 is 1.59 bits per heavy atom. The second-order valence-electron chi connectivity index (χ2n) is 7.52. The van der Waals surface area contributed by atoms with E-state index in [2.05, 4.69) is 44.9 Å². The first kappa shape index (κ1) is 22.0. The summed E-state index contributed by atoms with van der Waals surface area (Å²) in [5.41, 5.74) is 3.71. The van der Waals surface area contributed by atoms with Gasteiger partial charge < -0.3 is 9.30 Å². The van der Waals surface area contributed by atoms with E-state index in [1.807, 2.05) is 48.5 Å². The number of pyridine rings is 2. The third kappa shape index (κ3) is 4.00. The molecule has 6 heteroatoms. The predicted octanol–water partition coefficient (Wildman–Crippen LogP) is 6.77. The molecule has 0 spiro atoms. The summed E-state index contributed by atoms with van der Waals surface area (Å²) in [5, 5.41) is 2.24. The van der Waals surface area contributed by atoms with Crippen LogP contribution in [-0.2, 0) is 21.1 Å². The maximum Gasteiger partial charge on any atom is 2.00 e. The zero-order valence-corrected chi connectivity index (χ0v) is 20.0. The summed E-state index contributed by atoms with van der Waals surface area (Å²) >= 11 is 0. The Bertz CT molecular complexity index is 1600. The molecule has 0 aliphatic carbocycles. The van der Waals surface area contributed by atoms with Gasteiger partial charge in [0.2, 0.25) is 5.88 Å². The molecule has 0 bridgehead atoms. The summed E-state index contributed by atoms with van der Waals surface area (Å²) < 4.78 is 21.0. The van der Waals surface area contributed by atoms with Gasteiger partial charge in [-0.05, 0) is 35.2 Å². The van der Waals surface area contributed by atoms with Gasteiger partial charge in [0.1, 0.15) is 11.6 Å². The van der Waals surface area contributed by atoms with Crippen LogP contribution < -0.4 is 4.74 Å². The van der Waals surface area contributed by atoms with Gasteiger partial charge in [-0.15, -0.1) is 18.2 Å². The Balaban J connectivity index is 0.00000241. The van der Waals surface area contributed by atoms with Crippen molar-refractivity contribution in [3.63, 3.8) is 0 Å². The molecule has 0 saturated heterocycles. The first-order valence-corrected chi connectivity index (χ1v) is 10.5. The molecule has 0 unspecified atom stereocenters. The average Bonchev–Trinajstić information content (AvgIpc) is 3.20. The number of rotatable bonds is 4. The quantitative estimate of drug-likeness (QED) is 0.204. The second-order valence-corrected chi connectivity index (χ2v) is 7.52. The van der Waals surface area contributed by atoms with Gasteiger partial charge in [0.25, 0.3) is 0 Å². The maximum atomic E-state index is 13.1. The van der Waals surface area contributed by atoms with Crippen LogP contribution in [0.2, 0.25) is 0 Å². The molecule has 0 aliphatic rings. The number of hydrogen-bond donors (Lipinski definition) is 0. The third-order valence-electron chi connectivity index (χ3n) is 5.44. The number of fused-ring (bicyclic) bond motifs is 3. The van der Waals surface area contributed by atoms with E-state index in [1.165, 1.54) is 12.1 Å². The zero-order chi connectivity index (χ0) is 22.2. The standard InChI is InChI=1S/C28H16FN3O.Pt/c29-21-12-14-28(31-18-21)33-22-7-5-6-19(16-22)20-11-13-24-23-8-1-2-9-25(23)32(26(24)17-20)27-10-3-4-15-30-27;/h1-15,18H;/q-2;+2. The number of ether oxygens (including phenoxy) is 1. The van der Waals surface area contributed by atoms with Gasteiger partial charge in [-0.1, -0.05) is 29.7 Å². The van der Waals surface area contributed by atoms with Crippen molar-refractivity contribution in [3.8, 4) is 28.6 Å². The Hall–Kier alpha value is -3.82. The fourth-order valence-corrected chi connectivity index (χ4v) is 3.97. The summed E-state index contributed by atoms with van der Waals surface area (Å²) in [6, 6.07) is 33.5. The summed E-state index contributed by atoms with van der Waals surface area (Å²) in [6.45, 7) is 0. The van der Waals surface area contributed by atoms with E-state index in [-0.39, 0.29) is 21.1 Å². The molecule has 3 aromatic carbocycles. The van der Waals surface area contributed by atoms with E-state index in [1.54, 1.807) is 12.3 Å². The van der Waals surface area contributed by atoms with Gasteiger partial charge >= 0.3 is 21.1 Å². The van der Waals surface area contributed by atoms with E-state index in [0.717, 1.165) is 44.9 Å². The van der Waals surface area contributed by atoms with Crippen LogP contribution in [0.3, 0.4) is 0 Å². The molecule has 0 saturated carbocycles. The van der Waals surface area contributed by atoms with E-state index in [4.69, 9.17) is 4.74 Å². The van der Waals surface area contributed by atoms with E-state index >= 15 is 0 Å². The summed E-state index contributed by atoms with van der Waals surface area (Å²) in [7, 11) is 0. The molecule has 34 heavy (non-hydrogen) atoms. The summed E-state index contributed by atoms with van der Waals surface area (Å²) in [6.07, 6.45) is 2.91. The molecule has 0 atom stereocenters. The van der Waals surface area contributed by atoms with Gasteiger partial charge in [-0.25, -0.2) is 25.5 Å². The van der Waals surface area contributed by atoms with Gasteiger partial charge in [-0.2, -0.15) is 24.3 Å². The largest absolute Gasteiger partial charge is 2.00 e. The Morgan fingerprint density at radius 3 is 2.41 bits per heavy atom. The van der Waals surface area contributed by atoms with Crippen LogP contribution >= 0.6 is 0 Å². The zero-order valence-electron chi connectivity index (χ0n) is 17.7. The molecular formula is C28H16FN3OPt. The first-order valence-electron chi connectivity index (χ1n) is 10.5. The first-order chi connectivity index (χ1) is 16.3. The van der Waals surface area contributed by atoms with Crippen molar-refractivity contribution in [3.05, 3.63) is 115 Å². The van der Waals surface area contributed by atoms with Crippen molar-refractivity contribution in [2.75, 3.05) is 0 Å². The third-order valence-corrected chi connectivity index (χ3v) is 5.44. The number of benzene rings is 3. The van der Waals surface area contributed by atoms with Crippen molar-refractivity contribution >= 4 is 21.8 Å². The monoisotopic (exact) mass is 624 g/mol. The molecule has 0 N–H and O–H groups in total. The van der Waals surface area contributed by atoms with Crippen LogP contribution in [0.4, 0.5) is 4.39 Å². The number of nitrogens with zero attached hydrogens (tertiary/aromatic N) is 3. The van der Waals surface area contributed by atoms with Crippen LogP contribution in [0.15, 0.2) is 97.3 Å². The second kappa shape index (κ2) is 9.20. The SMILES string of the molecule is Fc1ccc(Oc2[c-]c(-c3[c-]c4c(cc3)c3ccccc3n4-c3ccccn3)ccc2)nc1.[Pt+2]. The van der Waals surface area contributed by atoms with Crippen molar-refractivity contribution in [1.82, 2.24) is 14.5 Å². The predicted molar refractivity (Wildman–Crippen MR) is 126 cm³/mol. The number of para-hydroxylation sites is 1. The minimum Gasteiger partial charge on any atom is -0.460 e. The fourth-order valence-electron chi connectivity index (χ4n) is 3.97. The van der Waals surface area contributed by atoms with Gasteiger partial charge in [0, 0.05) is 23.5 Å². The van der Waals surface area contributed by atoms with Crippen LogP contribution in [0.25, 0.3) is 38.8 Å². The van der Waals surface area contributed by atoms with Gasteiger partial charge in [-0.3, -0.25) is 0 Å². The molecule has 166 valence electrons. The Kier molecular flexibility index (Phi) is 5.95. The van der Waals surface area contributed by atoms with Crippen molar-refractivity contribution in [2.24, 2.45) is 0 Å². The summed E-state index contributed by atoms with van der Waals surface area (Å²) in [5.74, 6) is 1.22. The topological polar surface area (TPSA) is 39.9 Å². The molecule has 4 nitrogen and oxygen atoms in total. The maximum absolute atomic E-state index is 13.1. The van der Waals surface area contributed by atoms with Crippen molar-refractivity contribution in [2.45, 2.75) is 0 Å². The van der Waals surface area contributed by atoms with Crippen molar-refractivity contribution in [1.29, 1.82) is 0 Å². The number of aromatic nitrogens is 3. The van der Waals surface area contributed by atoms with Crippen LogP contribution in [0, 0.1) is 17.9 Å². The minimum atomic E-state index is -0.411. The molecule has 6 aromatic rings. The average molecular weight is 625 g/mol. The summed E-state index contributed by atoms with van der Waals surface area (Å²) in [4.78, 5) is 8.52. The molecule has 6 rings (SSSR count). The van der Waals surface area contributed by atoms with Crippen LogP contribution in [0.1, 0.15) is 0 Å². The minimum absolute atomic E-state index is 0. The molecule has 3 aromatic heterocycles. The molecule has 3 heterocycles. The van der Waals surface area contributed by atoms with E-state index in [0.29, 0.717) is 11.6 Å². The van der Waals surface area contributed by atoms with E-state index < -0.39 is 5.82 Å². The number of halogens is 1. The normalized spacial score (nSPS) is 10.9. The Morgan fingerprint density at radius 1 is 0.735 bits per heavy atom. The Labute approximate surface area is 209 Å². The fraction of sp³-hybridized carbons (Fsp3) is 0. The molecule has 0 amide bonds.